The smallest absolute Gasteiger partial charge is 0.157 e. The van der Waals surface area contributed by atoms with Crippen LogP contribution in [-0.2, 0) is 4.79 Å². The largest absolute Gasteiger partial charge is 0.367 e. The fraction of sp³-hybridized carbons (Fsp3) is 0.571. The summed E-state index contributed by atoms with van der Waals surface area (Å²) in [6, 6.07) is 0. The van der Waals surface area contributed by atoms with Crippen molar-refractivity contribution in [1.29, 1.82) is 0 Å². The van der Waals surface area contributed by atoms with Gasteiger partial charge < -0.3 is 4.90 Å². The maximum absolute atomic E-state index is 10.2. The lowest BCUT2D eigenvalue weighted by atomic mass is 10.4. The van der Waals surface area contributed by atoms with Crippen molar-refractivity contribution >= 4 is 18.0 Å². The van der Waals surface area contributed by atoms with Gasteiger partial charge in [-0.25, -0.2) is 0 Å². The third kappa shape index (κ3) is 1.77. The molecule has 0 atom stereocenters. The summed E-state index contributed by atoms with van der Waals surface area (Å²) >= 11 is 1.61. The second-order valence-electron chi connectivity index (χ2n) is 2.24. The molecule has 0 bridgehead atoms. The van der Waals surface area contributed by atoms with Gasteiger partial charge in [-0.2, -0.15) is 0 Å². The molecule has 0 saturated heterocycles. The first-order valence-electron chi connectivity index (χ1n) is 3.40. The quantitative estimate of drug-likeness (QED) is 0.578. The van der Waals surface area contributed by atoms with E-state index in [-0.39, 0.29) is 0 Å². The number of thioether (sulfide) groups is 1. The number of carbonyl (C=O) groups is 1. The Bertz CT molecular complexity index is 156. The SMILES string of the molecule is CCCN1C=C(C=O)SC1. The van der Waals surface area contributed by atoms with E-state index >= 15 is 0 Å². The molecule has 0 aromatic carbocycles. The van der Waals surface area contributed by atoms with Crippen LogP contribution in [0.2, 0.25) is 0 Å². The summed E-state index contributed by atoms with van der Waals surface area (Å²) in [5, 5.41) is 0. The molecule has 0 aromatic rings. The first-order valence-corrected chi connectivity index (χ1v) is 4.39. The summed E-state index contributed by atoms with van der Waals surface area (Å²) in [6.45, 7) is 3.20. The van der Waals surface area contributed by atoms with Gasteiger partial charge in [-0.1, -0.05) is 18.7 Å². The second kappa shape index (κ2) is 3.66. The minimum atomic E-state index is 0.855. The van der Waals surface area contributed by atoms with Crippen molar-refractivity contribution in [2.45, 2.75) is 13.3 Å². The number of rotatable bonds is 3. The van der Waals surface area contributed by atoms with Gasteiger partial charge in [-0.15, -0.1) is 0 Å². The summed E-state index contributed by atoms with van der Waals surface area (Å²) in [4.78, 5) is 13.3. The van der Waals surface area contributed by atoms with Crippen molar-refractivity contribution in [2.24, 2.45) is 0 Å². The Labute approximate surface area is 65.3 Å². The van der Waals surface area contributed by atoms with Crippen molar-refractivity contribution in [3.05, 3.63) is 11.1 Å². The first kappa shape index (κ1) is 7.66. The molecule has 0 amide bonds. The molecule has 0 unspecified atom stereocenters. The number of nitrogens with zero attached hydrogens (tertiary/aromatic N) is 1. The molecule has 56 valence electrons. The standard InChI is InChI=1S/C7H11NOS/c1-2-3-8-4-7(5-9)10-6-8/h4-5H,2-3,6H2,1H3. The van der Waals surface area contributed by atoms with Crippen LogP contribution in [0, 0.1) is 0 Å². The highest BCUT2D eigenvalue weighted by Gasteiger charge is 2.09. The zero-order valence-corrected chi connectivity index (χ0v) is 6.86. The molecule has 0 N–H and O–H groups in total. The molecular formula is C7H11NOS. The predicted molar refractivity (Wildman–Crippen MR) is 43.6 cm³/mol. The average Bonchev–Trinajstić information content (AvgIpc) is 2.37. The number of carbonyl (C=O) groups excluding carboxylic acids is 1. The number of allylic oxidation sites excluding steroid dienone is 1. The maximum atomic E-state index is 10.2. The van der Waals surface area contributed by atoms with Crippen LogP contribution >= 0.6 is 11.8 Å². The Balaban J connectivity index is 2.38. The van der Waals surface area contributed by atoms with Crippen LogP contribution < -0.4 is 0 Å². The third-order valence-corrected chi connectivity index (χ3v) is 2.33. The van der Waals surface area contributed by atoms with Gasteiger partial charge in [-0.3, -0.25) is 4.79 Å². The van der Waals surface area contributed by atoms with Gasteiger partial charge in [0.15, 0.2) is 6.29 Å². The monoisotopic (exact) mass is 157 g/mol. The highest BCUT2D eigenvalue weighted by atomic mass is 32.2. The lowest BCUT2D eigenvalue weighted by molar-refractivity contribution is -0.104. The summed E-state index contributed by atoms with van der Waals surface area (Å²) in [5.74, 6) is 0.946. The van der Waals surface area contributed by atoms with Gasteiger partial charge in [-0.05, 0) is 6.42 Å². The minimum Gasteiger partial charge on any atom is -0.367 e. The lowest BCUT2D eigenvalue weighted by Crippen LogP contribution is -2.13. The minimum absolute atomic E-state index is 0.855. The van der Waals surface area contributed by atoms with E-state index in [1.165, 1.54) is 0 Å². The van der Waals surface area contributed by atoms with Gasteiger partial charge in [0, 0.05) is 12.7 Å². The fourth-order valence-electron chi connectivity index (χ4n) is 0.893. The van der Waals surface area contributed by atoms with Crippen LogP contribution in [0.5, 0.6) is 0 Å². The van der Waals surface area contributed by atoms with E-state index in [2.05, 4.69) is 11.8 Å². The summed E-state index contributed by atoms with van der Waals surface area (Å²) in [6.07, 6.45) is 3.99. The van der Waals surface area contributed by atoms with E-state index in [0.717, 1.165) is 30.0 Å². The molecule has 1 heterocycles. The zero-order valence-electron chi connectivity index (χ0n) is 6.04. The molecule has 0 saturated carbocycles. The highest BCUT2D eigenvalue weighted by Crippen LogP contribution is 2.22. The topological polar surface area (TPSA) is 20.3 Å². The van der Waals surface area contributed by atoms with Gasteiger partial charge in [0.05, 0.1) is 10.8 Å². The van der Waals surface area contributed by atoms with Crippen molar-refractivity contribution < 1.29 is 4.79 Å². The highest BCUT2D eigenvalue weighted by molar-refractivity contribution is 8.04. The lowest BCUT2D eigenvalue weighted by Gasteiger charge is -2.11. The number of hydrogen-bond acceptors (Lipinski definition) is 3. The van der Waals surface area contributed by atoms with Crippen LogP contribution in [0.1, 0.15) is 13.3 Å². The van der Waals surface area contributed by atoms with E-state index in [9.17, 15) is 4.79 Å². The molecule has 3 heteroatoms. The maximum Gasteiger partial charge on any atom is 0.157 e. The van der Waals surface area contributed by atoms with Gasteiger partial charge >= 0.3 is 0 Å². The van der Waals surface area contributed by atoms with Crippen molar-refractivity contribution in [3.63, 3.8) is 0 Å². The molecule has 1 rings (SSSR count). The van der Waals surface area contributed by atoms with Gasteiger partial charge in [0.25, 0.3) is 0 Å². The average molecular weight is 157 g/mol. The molecule has 0 radical (unpaired) electrons. The number of hydrogen-bond donors (Lipinski definition) is 0. The Morgan fingerprint density at radius 3 is 3.20 bits per heavy atom. The Hall–Kier alpha value is -0.440. The number of aldehydes is 1. The summed E-state index contributed by atoms with van der Waals surface area (Å²) in [5.41, 5.74) is 0. The molecule has 0 spiro atoms. The van der Waals surface area contributed by atoms with Crippen molar-refractivity contribution in [1.82, 2.24) is 4.90 Å². The molecule has 1 aliphatic heterocycles. The normalized spacial score (nSPS) is 17.3. The third-order valence-electron chi connectivity index (χ3n) is 1.33. The molecule has 2 nitrogen and oxygen atoms in total. The Morgan fingerprint density at radius 1 is 1.90 bits per heavy atom. The van der Waals surface area contributed by atoms with E-state index in [1.54, 1.807) is 11.8 Å². The molecule has 0 aromatic heterocycles. The first-order chi connectivity index (χ1) is 4.86. The predicted octanol–water partition coefficient (Wildman–Crippen LogP) is 1.44. The van der Waals surface area contributed by atoms with Crippen molar-refractivity contribution in [2.75, 3.05) is 12.4 Å². The zero-order chi connectivity index (χ0) is 7.40. The van der Waals surface area contributed by atoms with E-state index in [0.29, 0.717) is 0 Å². The van der Waals surface area contributed by atoms with Crippen molar-refractivity contribution in [3.8, 4) is 0 Å². The van der Waals surface area contributed by atoms with Crippen LogP contribution in [0.3, 0.4) is 0 Å². The van der Waals surface area contributed by atoms with E-state index < -0.39 is 0 Å². The molecular weight excluding hydrogens is 146 g/mol. The van der Waals surface area contributed by atoms with Gasteiger partial charge in [0.1, 0.15) is 0 Å². The van der Waals surface area contributed by atoms with Crippen LogP contribution in [0.4, 0.5) is 0 Å². The molecule has 0 aliphatic carbocycles. The van der Waals surface area contributed by atoms with Gasteiger partial charge in [0.2, 0.25) is 0 Å². The van der Waals surface area contributed by atoms with Crippen LogP contribution in [0.25, 0.3) is 0 Å². The molecule has 0 fully saturated rings. The Morgan fingerprint density at radius 2 is 2.70 bits per heavy atom. The summed E-state index contributed by atoms with van der Waals surface area (Å²) < 4.78 is 0. The molecule has 1 aliphatic rings. The second-order valence-corrected chi connectivity index (χ2v) is 3.25. The van der Waals surface area contributed by atoms with Crippen LogP contribution in [0.15, 0.2) is 11.1 Å². The van der Waals surface area contributed by atoms with Crippen LogP contribution in [-0.4, -0.2) is 23.6 Å². The Kier molecular flexibility index (Phi) is 2.81. The summed E-state index contributed by atoms with van der Waals surface area (Å²) in [7, 11) is 0. The van der Waals surface area contributed by atoms with E-state index in [4.69, 9.17) is 0 Å². The fourth-order valence-corrected chi connectivity index (χ4v) is 1.70. The van der Waals surface area contributed by atoms with E-state index in [1.807, 2.05) is 6.20 Å². The molecule has 10 heavy (non-hydrogen) atoms.